The molecule has 1 N–H and O–H groups in total. The minimum absolute atomic E-state index is 0.122. The van der Waals surface area contributed by atoms with E-state index in [1.54, 1.807) is 28.4 Å². The molecule has 1 unspecified atom stereocenters. The highest BCUT2D eigenvalue weighted by molar-refractivity contribution is 5.78. The topological polar surface area (TPSA) is 57.2 Å². The van der Waals surface area contributed by atoms with Crippen LogP contribution in [0, 0.1) is 0 Å². The number of unbranched alkanes of at least 4 members (excludes halogenated alkanes) is 20. The second kappa shape index (κ2) is 29.1. The van der Waals surface area contributed by atoms with Gasteiger partial charge in [-0.15, -0.1) is 0 Å². The first-order chi connectivity index (χ1) is 25.0. The highest BCUT2D eigenvalue weighted by Gasteiger charge is 2.20. The molecule has 0 radical (unpaired) electrons. The lowest BCUT2D eigenvalue weighted by molar-refractivity contribution is 0.147. The van der Waals surface area contributed by atoms with E-state index in [1.807, 2.05) is 0 Å². The quantitative estimate of drug-likeness (QED) is 0.0747. The molecule has 1 atom stereocenters. The zero-order valence-electron chi connectivity index (χ0n) is 34.1. The molecular formula is C46H78O5. The van der Waals surface area contributed by atoms with Gasteiger partial charge in [-0.2, -0.15) is 0 Å². The first-order valence-electron chi connectivity index (χ1n) is 21.2. The lowest BCUT2D eigenvalue weighted by Crippen LogP contribution is -2.05. The molecule has 0 aliphatic rings. The molecule has 0 saturated carbocycles. The highest BCUT2D eigenvalue weighted by atomic mass is 16.5. The van der Waals surface area contributed by atoms with Crippen molar-refractivity contribution in [1.82, 2.24) is 0 Å². The van der Waals surface area contributed by atoms with Gasteiger partial charge in [-0.1, -0.05) is 161 Å². The van der Waals surface area contributed by atoms with E-state index in [4.69, 9.17) is 18.9 Å². The predicted molar refractivity (Wildman–Crippen MR) is 218 cm³/mol. The Kier molecular flexibility index (Phi) is 25.5. The van der Waals surface area contributed by atoms with Crippen molar-refractivity contribution in [3.8, 4) is 34.1 Å². The van der Waals surface area contributed by atoms with Gasteiger partial charge in [-0.05, 0) is 67.3 Å². The number of aliphatic hydroxyl groups excluding tert-OH is 1. The molecule has 51 heavy (non-hydrogen) atoms. The van der Waals surface area contributed by atoms with E-state index < -0.39 is 0 Å². The van der Waals surface area contributed by atoms with Crippen LogP contribution in [0.5, 0.6) is 23.0 Å². The van der Waals surface area contributed by atoms with Crippen LogP contribution in [0.25, 0.3) is 11.1 Å². The summed E-state index contributed by atoms with van der Waals surface area (Å²) in [4.78, 5) is 0. The summed E-state index contributed by atoms with van der Waals surface area (Å²) in [5.74, 6) is 3.19. The average molecular weight is 711 g/mol. The molecule has 0 fully saturated rings. The van der Waals surface area contributed by atoms with Crippen molar-refractivity contribution in [2.45, 2.75) is 193 Å². The van der Waals surface area contributed by atoms with Crippen molar-refractivity contribution in [2.75, 3.05) is 28.4 Å². The Morgan fingerprint density at radius 1 is 0.451 bits per heavy atom. The van der Waals surface area contributed by atoms with Crippen LogP contribution in [0.2, 0.25) is 0 Å². The summed E-state index contributed by atoms with van der Waals surface area (Å²) in [7, 11) is 6.94. The summed E-state index contributed by atoms with van der Waals surface area (Å²) >= 11 is 0. The van der Waals surface area contributed by atoms with E-state index in [0.717, 1.165) is 85.5 Å². The maximum absolute atomic E-state index is 10.3. The molecule has 2 rings (SSSR count). The van der Waals surface area contributed by atoms with Crippen LogP contribution in [0.15, 0.2) is 24.3 Å². The Morgan fingerprint density at radius 3 is 1.33 bits per heavy atom. The summed E-state index contributed by atoms with van der Waals surface area (Å²) in [6.07, 6.45) is 33.4. The number of rotatable bonds is 33. The Balaban J connectivity index is 1.89. The van der Waals surface area contributed by atoms with Crippen molar-refractivity contribution < 1.29 is 24.1 Å². The largest absolute Gasteiger partial charge is 0.493 e. The fourth-order valence-electron chi connectivity index (χ4n) is 7.53. The molecule has 5 heteroatoms. The molecule has 2 aromatic carbocycles. The molecular weight excluding hydrogens is 633 g/mol. The van der Waals surface area contributed by atoms with Gasteiger partial charge >= 0.3 is 0 Å². The van der Waals surface area contributed by atoms with Crippen molar-refractivity contribution >= 4 is 0 Å². The van der Waals surface area contributed by atoms with E-state index in [1.165, 1.54) is 133 Å². The van der Waals surface area contributed by atoms with Crippen LogP contribution >= 0.6 is 0 Å². The lowest BCUT2D eigenvalue weighted by atomic mass is 9.95. The molecule has 5 nitrogen and oxygen atoms in total. The van der Waals surface area contributed by atoms with Crippen molar-refractivity contribution in [2.24, 2.45) is 0 Å². The van der Waals surface area contributed by atoms with Crippen LogP contribution < -0.4 is 18.9 Å². The summed E-state index contributed by atoms with van der Waals surface area (Å²) in [6.45, 7) is 4.53. The summed E-state index contributed by atoms with van der Waals surface area (Å²) in [6, 6.07) is 8.70. The third kappa shape index (κ3) is 17.8. The molecule has 0 heterocycles. The van der Waals surface area contributed by atoms with Crippen LogP contribution in [-0.4, -0.2) is 39.6 Å². The molecule has 0 bridgehead atoms. The van der Waals surface area contributed by atoms with Crippen molar-refractivity contribution in [1.29, 1.82) is 0 Å². The van der Waals surface area contributed by atoms with Crippen molar-refractivity contribution in [3.05, 3.63) is 35.4 Å². The average Bonchev–Trinajstić information content (AvgIpc) is 3.15. The summed E-state index contributed by atoms with van der Waals surface area (Å²) in [5, 5.41) is 10.3. The number of methoxy groups -OCH3 is 4. The van der Waals surface area contributed by atoms with Gasteiger partial charge in [0, 0.05) is 5.56 Å². The molecule has 2 aromatic rings. The fourth-order valence-corrected chi connectivity index (χ4v) is 7.53. The van der Waals surface area contributed by atoms with Gasteiger partial charge in [0.05, 0.1) is 34.5 Å². The summed E-state index contributed by atoms with van der Waals surface area (Å²) < 4.78 is 23.7. The SMILES string of the molecule is CCCCCCCCCCCCCCCc1cc(-c2ccc(CCCCCCCC(O)CCCCCCC)c(OC)c2OC)cc(OC)c1OC. The second-order valence-electron chi connectivity index (χ2n) is 14.9. The molecule has 0 aliphatic heterocycles. The Morgan fingerprint density at radius 2 is 0.882 bits per heavy atom. The lowest BCUT2D eigenvalue weighted by Gasteiger charge is -2.19. The molecule has 0 spiro atoms. The Bertz CT molecular complexity index is 1140. The number of hydrogen-bond donors (Lipinski definition) is 1. The first-order valence-corrected chi connectivity index (χ1v) is 21.2. The molecule has 0 aromatic heterocycles. The zero-order chi connectivity index (χ0) is 36.9. The minimum atomic E-state index is -0.122. The first kappa shape index (κ1) is 44.8. The van der Waals surface area contributed by atoms with Gasteiger partial charge < -0.3 is 24.1 Å². The third-order valence-electron chi connectivity index (χ3n) is 10.6. The predicted octanol–water partition coefficient (Wildman–Crippen LogP) is 13.6. The standard InChI is InChI=1S/C46H78O5/c1-7-9-11-13-14-15-16-17-18-19-20-23-27-31-39-36-40(37-43(48-3)44(39)49-4)42-35-34-38(45(50-5)46(42)51-6)30-26-24-21-25-29-33-41(47)32-28-22-12-10-8-2/h34-37,41,47H,7-33H2,1-6H3. The number of ether oxygens (including phenoxy) is 4. The monoisotopic (exact) mass is 711 g/mol. The van der Waals surface area contributed by atoms with Crippen LogP contribution in [0.3, 0.4) is 0 Å². The third-order valence-corrected chi connectivity index (χ3v) is 10.6. The second-order valence-corrected chi connectivity index (χ2v) is 14.9. The van der Waals surface area contributed by atoms with Gasteiger partial charge in [0.1, 0.15) is 0 Å². The van der Waals surface area contributed by atoms with Crippen LogP contribution in [0.1, 0.15) is 185 Å². The van der Waals surface area contributed by atoms with E-state index in [0.29, 0.717) is 0 Å². The number of benzene rings is 2. The molecule has 0 saturated heterocycles. The highest BCUT2D eigenvalue weighted by Crippen LogP contribution is 2.44. The Hall–Kier alpha value is -2.40. The smallest absolute Gasteiger partial charge is 0.168 e. The number of aliphatic hydroxyl groups is 1. The maximum atomic E-state index is 10.3. The zero-order valence-corrected chi connectivity index (χ0v) is 34.1. The van der Waals surface area contributed by atoms with Crippen LogP contribution in [-0.2, 0) is 12.8 Å². The number of hydrogen-bond acceptors (Lipinski definition) is 5. The van der Waals surface area contributed by atoms with E-state index in [9.17, 15) is 5.11 Å². The van der Waals surface area contributed by atoms with Crippen LogP contribution in [0.4, 0.5) is 0 Å². The van der Waals surface area contributed by atoms with E-state index >= 15 is 0 Å². The van der Waals surface area contributed by atoms with E-state index in [-0.39, 0.29) is 6.10 Å². The molecule has 292 valence electrons. The molecule has 0 aliphatic carbocycles. The Labute approximate surface area is 314 Å². The molecule has 0 amide bonds. The van der Waals surface area contributed by atoms with Crippen molar-refractivity contribution in [3.63, 3.8) is 0 Å². The van der Waals surface area contributed by atoms with Gasteiger partial charge in [0.25, 0.3) is 0 Å². The summed E-state index contributed by atoms with van der Waals surface area (Å²) in [5.41, 5.74) is 4.43. The maximum Gasteiger partial charge on any atom is 0.168 e. The van der Waals surface area contributed by atoms with Gasteiger partial charge in [-0.25, -0.2) is 0 Å². The van der Waals surface area contributed by atoms with Gasteiger partial charge in [-0.3, -0.25) is 0 Å². The van der Waals surface area contributed by atoms with Gasteiger partial charge in [0.15, 0.2) is 23.0 Å². The normalized spacial score (nSPS) is 11.9. The number of aryl methyl sites for hydroxylation is 2. The van der Waals surface area contributed by atoms with E-state index in [2.05, 4.69) is 38.1 Å². The fraction of sp³-hybridized carbons (Fsp3) is 0.739. The van der Waals surface area contributed by atoms with Gasteiger partial charge in [0.2, 0.25) is 0 Å². The minimum Gasteiger partial charge on any atom is -0.493 e.